The molecule has 2 aromatic rings. The number of benzene rings is 1. The second-order valence-corrected chi connectivity index (χ2v) is 5.33. The van der Waals surface area contributed by atoms with E-state index in [0.717, 1.165) is 30.0 Å². The highest BCUT2D eigenvalue weighted by molar-refractivity contribution is 5.28. The van der Waals surface area contributed by atoms with Crippen molar-refractivity contribution in [1.82, 2.24) is 4.90 Å². The largest absolute Gasteiger partial charge is 0.468 e. The molecule has 0 atom stereocenters. The van der Waals surface area contributed by atoms with Crippen molar-refractivity contribution in [3.63, 3.8) is 0 Å². The van der Waals surface area contributed by atoms with Crippen LogP contribution in [-0.2, 0) is 19.6 Å². The molecule has 0 saturated heterocycles. The van der Waals surface area contributed by atoms with Gasteiger partial charge in [-0.25, -0.2) is 4.39 Å². The quantitative estimate of drug-likeness (QED) is 0.880. The topological polar surface area (TPSA) is 42.4 Å². The van der Waals surface area contributed by atoms with E-state index in [1.54, 1.807) is 6.26 Å². The van der Waals surface area contributed by atoms with Gasteiger partial charge in [-0.3, -0.25) is 4.90 Å². The fourth-order valence-electron chi connectivity index (χ4n) is 2.51. The number of nitrogens with zero attached hydrogens (tertiary/aromatic N) is 1. The lowest BCUT2D eigenvalue weighted by atomic mass is 10.1. The Kier molecular flexibility index (Phi) is 3.85. The van der Waals surface area contributed by atoms with E-state index in [1.807, 2.05) is 18.2 Å². The van der Waals surface area contributed by atoms with Crippen LogP contribution in [0.15, 0.2) is 41.0 Å². The smallest absolute Gasteiger partial charge is 0.123 e. The predicted molar refractivity (Wildman–Crippen MR) is 75.3 cm³/mol. The third kappa shape index (κ3) is 3.08. The first kappa shape index (κ1) is 13.3. The van der Waals surface area contributed by atoms with Gasteiger partial charge in [0.15, 0.2) is 0 Å². The van der Waals surface area contributed by atoms with Gasteiger partial charge in [-0.1, -0.05) is 6.07 Å². The van der Waals surface area contributed by atoms with E-state index in [0.29, 0.717) is 12.6 Å². The molecule has 1 aliphatic carbocycles. The van der Waals surface area contributed by atoms with Crippen molar-refractivity contribution in [2.75, 3.05) is 0 Å². The average Bonchev–Trinajstić information content (AvgIpc) is 3.18. The number of furan rings is 1. The van der Waals surface area contributed by atoms with E-state index in [2.05, 4.69) is 4.90 Å². The van der Waals surface area contributed by atoms with Crippen LogP contribution >= 0.6 is 0 Å². The van der Waals surface area contributed by atoms with E-state index in [9.17, 15) is 4.39 Å². The Morgan fingerprint density at radius 1 is 1.20 bits per heavy atom. The first-order valence-electron chi connectivity index (χ1n) is 7.00. The maximum Gasteiger partial charge on any atom is 0.123 e. The molecule has 4 heteroatoms. The van der Waals surface area contributed by atoms with E-state index in [1.165, 1.54) is 25.0 Å². The summed E-state index contributed by atoms with van der Waals surface area (Å²) in [5.41, 5.74) is 7.71. The van der Waals surface area contributed by atoms with Gasteiger partial charge < -0.3 is 10.2 Å². The molecule has 2 N–H and O–H groups in total. The van der Waals surface area contributed by atoms with Crippen LogP contribution in [0.4, 0.5) is 4.39 Å². The van der Waals surface area contributed by atoms with Crippen LogP contribution in [0.1, 0.15) is 29.7 Å². The molecule has 0 aliphatic heterocycles. The Hall–Kier alpha value is -1.65. The molecule has 1 aromatic heterocycles. The Morgan fingerprint density at radius 2 is 2.05 bits per heavy atom. The van der Waals surface area contributed by atoms with Gasteiger partial charge in [-0.15, -0.1) is 0 Å². The summed E-state index contributed by atoms with van der Waals surface area (Å²) in [5.74, 6) is 0.742. The van der Waals surface area contributed by atoms with E-state index < -0.39 is 0 Å². The summed E-state index contributed by atoms with van der Waals surface area (Å²) in [6.07, 6.45) is 4.14. The Bertz CT molecular complexity index is 564. The number of nitrogens with two attached hydrogens (primary N) is 1. The Labute approximate surface area is 118 Å². The van der Waals surface area contributed by atoms with Crippen molar-refractivity contribution in [3.8, 4) is 0 Å². The molecule has 1 aliphatic rings. The molecule has 0 radical (unpaired) electrons. The molecule has 0 amide bonds. The van der Waals surface area contributed by atoms with Crippen molar-refractivity contribution in [1.29, 1.82) is 0 Å². The third-order valence-corrected chi connectivity index (χ3v) is 3.76. The summed E-state index contributed by atoms with van der Waals surface area (Å²) in [4.78, 5) is 2.38. The van der Waals surface area contributed by atoms with E-state index in [-0.39, 0.29) is 5.82 Å². The average molecular weight is 274 g/mol. The normalized spacial score (nSPS) is 14.9. The summed E-state index contributed by atoms with van der Waals surface area (Å²) in [6, 6.07) is 9.39. The highest BCUT2D eigenvalue weighted by Crippen LogP contribution is 2.30. The lowest BCUT2D eigenvalue weighted by molar-refractivity contribution is 0.224. The van der Waals surface area contributed by atoms with Crippen molar-refractivity contribution >= 4 is 0 Å². The minimum absolute atomic E-state index is 0.224. The number of halogens is 1. The SMILES string of the molecule is NCc1cc(F)ccc1CN(Cc1ccco1)C1CC1. The molecule has 20 heavy (non-hydrogen) atoms. The first-order valence-corrected chi connectivity index (χ1v) is 7.00. The van der Waals surface area contributed by atoms with Crippen LogP contribution in [0.2, 0.25) is 0 Å². The Balaban J connectivity index is 1.76. The Morgan fingerprint density at radius 3 is 2.70 bits per heavy atom. The van der Waals surface area contributed by atoms with Gasteiger partial charge in [0.1, 0.15) is 11.6 Å². The third-order valence-electron chi connectivity index (χ3n) is 3.76. The minimum atomic E-state index is -0.224. The number of rotatable bonds is 6. The molecule has 1 saturated carbocycles. The van der Waals surface area contributed by atoms with E-state index >= 15 is 0 Å². The molecule has 3 nitrogen and oxygen atoms in total. The molecular formula is C16H19FN2O. The number of hydrogen-bond acceptors (Lipinski definition) is 3. The highest BCUT2D eigenvalue weighted by atomic mass is 19.1. The standard InChI is InChI=1S/C16H19FN2O/c17-14-4-3-12(13(8-14)9-18)10-19(15-5-6-15)11-16-2-1-7-20-16/h1-4,7-8,15H,5-6,9-11,18H2. The van der Waals surface area contributed by atoms with Crippen LogP contribution < -0.4 is 5.73 Å². The first-order chi connectivity index (χ1) is 9.76. The van der Waals surface area contributed by atoms with Crippen molar-refractivity contribution in [2.45, 2.75) is 38.5 Å². The maximum atomic E-state index is 13.3. The van der Waals surface area contributed by atoms with Crippen LogP contribution in [0, 0.1) is 5.82 Å². The van der Waals surface area contributed by atoms with E-state index in [4.69, 9.17) is 10.2 Å². The predicted octanol–water partition coefficient (Wildman–Crippen LogP) is 3.04. The van der Waals surface area contributed by atoms with Gasteiger partial charge in [0.2, 0.25) is 0 Å². The lowest BCUT2D eigenvalue weighted by Gasteiger charge is -2.22. The van der Waals surface area contributed by atoms with Crippen molar-refractivity contribution in [3.05, 3.63) is 59.3 Å². The summed E-state index contributed by atoms with van der Waals surface area (Å²) < 4.78 is 18.7. The lowest BCUT2D eigenvalue weighted by Crippen LogP contribution is -2.25. The van der Waals surface area contributed by atoms with Gasteiger partial charge in [-0.05, 0) is 48.2 Å². The van der Waals surface area contributed by atoms with Crippen LogP contribution in [-0.4, -0.2) is 10.9 Å². The molecule has 1 fully saturated rings. The maximum absolute atomic E-state index is 13.3. The van der Waals surface area contributed by atoms with Crippen LogP contribution in [0.3, 0.4) is 0 Å². The molecule has 0 bridgehead atoms. The van der Waals surface area contributed by atoms with Crippen LogP contribution in [0.25, 0.3) is 0 Å². The second kappa shape index (κ2) is 5.77. The monoisotopic (exact) mass is 274 g/mol. The molecule has 1 aromatic carbocycles. The summed E-state index contributed by atoms with van der Waals surface area (Å²) >= 11 is 0. The van der Waals surface area contributed by atoms with Gasteiger partial charge in [-0.2, -0.15) is 0 Å². The van der Waals surface area contributed by atoms with Crippen LogP contribution in [0.5, 0.6) is 0 Å². The zero-order valence-corrected chi connectivity index (χ0v) is 11.4. The van der Waals surface area contributed by atoms with Crippen molar-refractivity contribution in [2.24, 2.45) is 5.73 Å². The zero-order valence-electron chi connectivity index (χ0n) is 11.4. The fourth-order valence-corrected chi connectivity index (χ4v) is 2.51. The molecule has 0 spiro atoms. The summed E-state index contributed by atoms with van der Waals surface area (Å²) in [6.45, 7) is 1.95. The zero-order chi connectivity index (χ0) is 13.9. The molecule has 3 rings (SSSR count). The van der Waals surface area contributed by atoms with Gasteiger partial charge >= 0.3 is 0 Å². The second-order valence-electron chi connectivity index (χ2n) is 5.33. The molecule has 106 valence electrons. The fraction of sp³-hybridized carbons (Fsp3) is 0.375. The highest BCUT2D eigenvalue weighted by Gasteiger charge is 2.29. The van der Waals surface area contributed by atoms with Crippen molar-refractivity contribution < 1.29 is 8.81 Å². The summed E-state index contributed by atoms with van der Waals surface area (Å²) in [7, 11) is 0. The van der Waals surface area contributed by atoms with Gasteiger partial charge in [0, 0.05) is 19.1 Å². The summed E-state index contributed by atoms with van der Waals surface area (Å²) in [5, 5.41) is 0. The molecule has 0 unspecified atom stereocenters. The minimum Gasteiger partial charge on any atom is -0.468 e. The van der Waals surface area contributed by atoms with Gasteiger partial charge in [0.25, 0.3) is 0 Å². The van der Waals surface area contributed by atoms with Gasteiger partial charge in [0.05, 0.1) is 12.8 Å². The molecule has 1 heterocycles. The molecular weight excluding hydrogens is 255 g/mol. The number of hydrogen-bond donors (Lipinski definition) is 1.